The van der Waals surface area contributed by atoms with Gasteiger partial charge < -0.3 is 9.84 Å². The number of carboxylic acids is 1. The number of carbonyl (C=O) groups is 1. The highest BCUT2D eigenvalue weighted by Crippen LogP contribution is 2.33. The largest absolute Gasteiger partial charge is 0.496 e. The minimum Gasteiger partial charge on any atom is -0.496 e. The lowest BCUT2D eigenvalue weighted by molar-refractivity contribution is -0.131. The Balaban J connectivity index is 2.40. The lowest BCUT2D eigenvalue weighted by Crippen LogP contribution is -1.91. The number of halogens is 1. The van der Waals surface area contributed by atoms with Gasteiger partial charge in [-0.3, -0.25) is 0 Å². The van der Waals surface area contributed by atoms with Crippen LogP contribution in [0.4, 0.5) is 0 Å². The van der Waals surface area contributed by atoms with Crippen LogP contribution in [0.3, 0.4) is 0 Å². The third-order valence-electron chi connectivity index (χ3n) is 3.15. The Morgan fingerprint density at radius 2 is 1.86 bits per heavy atom. The summed E-state index contributed by atoms with van der Waals surface area (Å²) in [6.45, 7) is 1.77. The molecule has 0 aliphatic heterocycles. The highest BCUT2D eigenvalue weighted by Gasteiger charge is 2.07. The van der Waals surface area contributed by atoms with Gasteiger partial charge in [0.1, 0.15) is 5.75 Å². The minimum atomic E-state index is -0.951. The van der Waals surface area contributed by atoms with E-state index in [1.165, 1.54) is 6.08 Å². The van der Waals surface area contributed by atoms with Crippen LogP contribution in [0, 0.1) is 0 Å². The van der Waals surface area contributed by atoms with Crippen LogP contribution in [-0.4, -0.2) is 18.2 Å². The van der Waals surface area contributed by atoms with E-state index < -0.39 is 5.97 Å². The molecule has 21 heavy (non-hydrogen) atoms. The van der Waals surface area contributed by atoms with E-state index in [0.29, 0.717) is 10.6 Å². The van der Waals surface area contributed by atoms with E-state index in [4.69, 9.17) is 21.4 Å². The van der Waals surface area contributed by atoms with Crippen molar-refractivity contribution < 1.29 is 14.6 Å². The Kier molecular flexibility index (Phi) is 4.66. The Bertz CT molecular complexity index is 688. The predicted molar refractivity (Wildman–Crippen MR) is 84.7 cm³/mol. The first-order valence-corrected chi connectivity index (χ1v) is 6.74. The Hall–Kier alpha value is -2.26. The molecule has 0 saturated heterocycles. The van der Waals surface area contributed by atoms with Crippen LogP contribution in [0.5, 0.6) is 5.75 Å². The van der Waals surface area contributed by atoms with E-state index in [9.17, 15) is 4.79 Å². The number of methoxy groups -OCH3 is 1. The SMILES string of the molecule is COc1ccc(Cl)cc1-c1ccc(C(C)=CC(=O)O)cc1. The van der Waals surface area contributed by atoms with E-state index in [0.717, 1.165) is 22.4 Å². The van der Waals surface area contributed by atoms with Crippen LogP contribution in [0.25, 0.3) is 16.7 Å². The second-order valence-corrected chi connectivity index (χ2v) is 5.02. The van der Waals surface area contributed by atoms with E-state index in [2.05, 4.69) is 0 Å². The lowest BCUT2D eigenvalue weighted by Gasteiger charge is -2.10. The summed E-state index contributed by atoms with van der Waals surface area (Å²) < 4.78 is 5.34. The van der Waals surface area contributed by atoms with E-state index in [1.54, 1.807) is 20.1 Å². The smallest absolute Gasteiger partial charge is 0.328 e. The summed E-state index contributed by atoms with van der Waals surface area (Å²) in [7, 11) is 1.61. The van der Waals surface area contributed by atoms with Crippen LogP contribution >= 0.6 is 11.6 Å². The van der Waals surface area contributed by atoms with Gasteiger partial charge in [0.15, 0.2) is 0 Å². The van der Waals surface area contributed by atoms with Gasteiger partial charge >= 0.3 is 5.97 Å². The van der Waals surface area contributed by atoms with Crippen LogP contribution < -0.4 is 4.74 Å². The molecule has 0 heterocycles. The van der Waals surface area contributed by atoms with Crippen molar-refractivity contribution in [2.45, 2.75) is 6.92 Å². The Morgan fingerprint density at radius 1 is 1.19 bits per heavy atom. The van der Waals surface area contributed by atoms with Crippen molar-refractivity contribution >= 4 is 23.1 Å². The molecular weight excluding hydrogens is 288 g/mol. The summed E-state index contributed by atoms with van der Waals surface area (Å²) in [6, 6.07) is 13.0. The quantitative estimate of drug-likeness (QED) is 0.846. The fourth-order valence-electron chi connectivity index (χ4n) is 2.09. The van der Waals surface area contributed by atoms with Gasteiger partial charge in [0.05, 0.1) is 7.11 Å². The number of benzene rings is 2. The highest BCUT2D eigenvalue weighted by molar-refractivity contribution is 6.31. The molecule has 0 unspecified atom stereocenters. The van der Waals surface area contributed by atoms with Crippen molar-refractivity contribution in [1.29, 1.82) is 0 Å². The predicted octanol–water partition coefficient (Wildman–Crippen LogP) is 4.50. The second-order valence-electron chi connectivity index (χ2n) is 4.59. The molecule has 0 radical (unpaired) electrons. The molecule has 108 valence electrons. The van der Waals surface area contributed by atoms with Crippen molar-refractivity contribution in [1.82, 2.24) is 0 Å². The van der Waals surface area contributed by atoms with Crippen molar-refractivity contribution in [2.75, 3.05) is 7.11 Å². The van der Waals surface area contributed by atoms with Crippen molar-refractivity contribution in [3.8, 4) is 16.9 Å². The molecule has 0 aliphatic rings. The average Bonchev–Trinajstić information content (AvgIpc) is 2.46. The van der Waals surface area contributed by atoms with E-state index in [1.807, 2.05) is 36.4 Å². The number of aliphatic carboxylic acids is 1. The standard InChI is InChI=1S/C17H15ClO3/c1-11(9-17(19)20)12-3-5-13(6-4-12)15-10-14(18)7-8-16(15)21-2/h3-10H,1-2H3,(H,19,20). The summed E-state index contributed by atoms with van der Waals surface area (Å²) in [5.74, 6) is -0.210. The fourth-order valence-corrected chi connectivity index (χ4v) is 2.26. The number of rotatable bonds is 4. The first-order chi connectivity index (χ1) is 10.0. The second kappa shape index (κ2) is 6.46. The Labute approximate surface area is 128 Å². The Morgan fingerprint density at radius 3 is 2.43 bits per heavy atom. The third kappa shape index (κ3) is 3.64. The summed E-state index contributed by atoms with van der Waals surface area (Å²) in [4.78, 5) is 10.7. The molecule has 0 bridgehead atoms. The molecule has 3 nitrogen and oxygen atoms in total. The minimum absolute atomic E-state index is 0.636. The van der Waals surface area contributed by atoms with Crippen LogP contribution in [0.2, 0.25) is 5.02 Å². The van der Waals surface area contributed by atoms with Crippen molar-refractivity contribution in [3.63, 3.8) is 0 Å². The maximum absolute atomic E-state index is 10.7. The van der Waals surface area contributed by atoms with Gasteiger partial charge in [0.25, 0.3) is 0 Å². The van der Waals surface area contributed by atoms with E-state index in [-0.39, 0.29) is 0 Å². The molecule has 2 aromatic rings. The van der Waals surface area contributed by atoms with Gasteiger partial charge in [0.2, 0.25) is 0 Å². The van der Waals surface area contributed by atoms with Crippen LogP contribution in [0.1, 0.15) is 12.5 Å². The lowest BCUT2D eigenvalue weighted by atomic mass is 10.0. The van der Waals surface area contributed by atoms with Gasteiger partial charge in [-0.1, -0.05) is 35.9 Å². The molecule has 1 N–H and O–H groups in total. The van der Waals surface area contributed by atoms with E-state index >= 15 is 0 Å². The molecular formula is C17H15ClO3. The normalized spacial score (nSPS) is 11.3. The third-order valence-corrected chi connectivity index (χ3v) is 3.39. The molecule has 0 amide bonds. The van der Waals surface area contributed by atoms with Gasteiger partial charge in [-0.2, -0.15) is 0 Å². The molecule has 0 saturated carbocycles. The van der Waals surface area contributed by atoms with Crippen LogP contribution in [0.15, 0.2) is 48.5 Å². The molecule has 0 spiro atoms. The molecule has 0 aromatic heterocycles. The monoisotopic (exact) mass is 302 g/mol. The average molecular weight is 303 g/mol. The van der Waals surface area contributed by atoms with Gasteiger partial charge in [0, 0.05) is 16.7 Å². The summed E-state index contributed by atoms with van der Waals surface area (Å²) >= 11 is 6.03. The number of allylic oxidation sites excluding steroid dienone is 1. The topological polar surface area (TPSA) is 46.5 Å². The first-order valence-electron chi connectivity index (χ1n) is 6.37. The number of hydrogen-bond acceptors (Lipinski definition) is 2. The molecule has 2 aromatic carbocycles. The number of carboxylic acid groups (broad SMARTS) is 1. The van der Waals surface area contributed by atoms with Crippen molar-refractivity contribution in [3.05, 3.63) is 59.1 Å². The molecule has 0 fully saturated rings. The summed E-state index contributed by atoms with van der Waals surface area (Å²) in [5, 5.41) is 9.41. The first kappa shape index (κ1) is 15.1. The zero-order valence-corrected chi connectivity index (χ0v) is 12.5. The summed E-state index contributed by atoms with van der Waals surface area (Å²) in [6.07, 6.45) is 1.19. The zero-order chi connectivity index (χ0) is 15.4. The maximum Gasteiger partial charge on any atom is 0.328 e. The van der Waals surface area contributed by atoms with Crippen LogP contribution in [-0.2, 0) is 4.79 Å². The highest BCUT2D eigenvalue weighted by atomic mass is 35.5. The molecule has 4 heteroatoms. The van der Waals surface area contributed by atoms with Gasteiger partial charge in [-0.15, -0.1) is 0 Å². The zero-order valence-electron chi connectivity index (χ0n) is 11.8. The summed E-state index contributed by atoms with van der Waals surface area (Å²) in [5.41, 5.74) is 3.42. The number of hydrogen-bond donors (Lipinski definition) is 1. The van der Waals surface area contributed by atoms with Crippen molar-refractivity contribution in [2.24, 2.45) is 0 Å². The van der Waals surface area contributed by atoms with Gasteiger partial charge in [-0.25, -0.2) is 4.79 Å². The molecule has 0 aliphatic carbocycles. The number of ether oxygens (including phenoxy) is 1. The fraction of sp³-hybridized carbons (Fsp3) is 0.118. The maximum atomic E-state index is 10.7. The van der Waals surface area contributed by atoms with Gasteiger partial charge in [-0.05, 0) is 41.8 Å². The molecule has 2 rings (SSSR count). The molecule has 0 atom stereocenters.